The standard InChI is InChI=1S/C27H31N5O2S/c1-34-23-12-5-4-10-21(23)29-24(33)14-17-32-26(19-13-16-31(18-19)20-8-2-3-9-20)25(30-27(32)35)22-11-6-7-15-28-22/h4-7,10-13,15-16,18,20,25-26H,2-3,8-9,14,17H2,1H3,(H,29,33)(H,30,35)/t25-,26-/m1/s1. The van der Waals surface area contributed by atoms with Crippen LogP contribution in [0.25, 0.3) is 0 Å². The number of carbonyl (C=O) groups is 1. The number of hydrogen-bond donors (Lipinski definition) is 2. The number of thiocarbonyl (C=S) groups is 1. The van der Waals surface area contributed by atoms with E-state index in [9.17, 15) is 4.79 Å². The van der Waals surface area contributed by atoms with Crippen molar-refractivity contribution >= 4 is 28.9 Å². The minimum Gasteiger partial charge on any atom is -0.495 e. The smallest absolute Gasteiger partial charge is 0.226 e. The fourth-order valence-electron chi connectivity index (χ4n) is 5.23. The first-order chi connectivity index (χ1) is 17.1. The van der Waals surface area contributed by atoms with Crippen LogP contribution < -0.4 is 15.4 Å². The summed E-state index contributed by atoms with van der Waals surface area (Å²) in [6, 6.07) is 16.0. The quantitative estimate of drug-likeness (QED) is 0.434. The molecule has 1 aliphatic carbocycles. The number of ether oxygens (including phenoxy) is 1. The number of anilines is 1. The number of hydrogen-bond acceptors (Lipinski definition) is 4. The number of para-hydroxylation sites is 2. The van der Waals surface area contributed by atoms with Gasteiger partial charge in [0.15, 0.2) is 5.11 Å². The number of pyridine rings is 1. The Bertz CT molecular complexity index is 1180. The molecule has 1 aliphatic heterocycles. The first-order valence-electron chi connectivity index (χ1n) is 12.2. The second-order valence-electron chi connectivity index (χ2n) is 9.15. The van der Waals surface area contributed by atoms with Crippen LogP contribution in [0.4, 0.5) is 5.69 Å². The molecule has 2 aliphatic rings. The van der Waals surface area contributed by atoms with Crippen molar-refractivity contribution in [1.82, 2.24) is 19.8 Å². The van der Waals surface area contributed by atoms with Crippen molar-refractivity contribution in [3.05, 3.63) is 78.4 Å². The van der Waals surface area contributed by atoms with Gasteiger partial charge in [-0.25, -0.2) is 0 Å². The molecular weight excluding hydrogens is 458 g/mol. The van der Waals surface area contributed by atoms with Gasteiger partial charge in [0.25, 0.3) is 0 Å². The Balaban J connectivity index is 1.36. The third-order valence-corrected chi connectivity index (χ3v) is 7.34. The van der Waals surface area contributed by atoms with Crippen molar-refractivity contribution < 1.29 is 9.53 Å². The summed E-state index contributed by atoms with van der Waals surface area (Å²) >= 11 is 5.76. The maximum absolute atomic E-state index is 12.8. The molecule has 1 amide bonds. The first-order valence-corrected chi connectivity index (χ1v) is 12.6. The lowest BCUT2D eigenvalue weighted by atomic mass is 9.99. The van der Waals surface area contributed by atoms with Crippen LogP contribution in [0.5, 0.6) is 5.75 Å². The minimum atomic E-state index is -0.0830. The van der Waals surface area contributed by atoms with Gasteiger partial charge in [-0.1, -0.05) is 31.0 Å². The lowest BCUT2D eigenvalue weighted by Gasteiger charge is -2.27. The van der Waals surface area contributed by atoms with Crippen molar-refractivity contribution in [1.29, 1.82) is 0 Å². The zero-order chi connectivity index (χ0) is 24.2. The average Bonchev–Trinajstić information content (AvgIpc) is 3.64. The van der Waals surface area contributed by atoms with Crippen LogP contribution in [-0.4, -0.2) is 39.1 Å². The summed E-state index contributed by atoms with van der Waals surface area (Å²) in [7, 11) is 1.60. The lowest BCUT2D eigenvalue weighted by Crippen LogP contribution is -2.32. The largest absolute Gasteiger partial charge is 0.495 e. The van der Waals surface area contributed by atoms with Crippen molar-refractivity contribution in [2.45, 2.75) is 50.2 Å². The number of nitrogens with zero attached hydrogens (tertiary/aromatic N) is 3. The number of carbonyl (C=O) groups excluding carboxylic acids is 1. The molecule has 2 N–H and O–H groups in total. The van der Waals surface area contributed by atoms with Crippen molar-refractivity contribution in [2.24, 2.45) is 0 Å². The lowest BCUT2D eigenvalue weighted by molar-refractivity contribution is -0.116. The SMILES string of the molecule is COc1ccccc1NC(=O)CCN1C(=S)N[C@H](c2ccccn2)[C@H]1c1ccn(C2CCCC2)c1. The van der Waals surface area contributed by atoms with Gasteiger partial charge in [0.05, 0.1) is 30.6 Å². The Morgan fingerprint density at radius 1 is 1.17 bits per heavy atom. The van der Waals surface area contributed by atoms with Crippen molar-refractivity contribution in [2.75, 3.05) is 19.0 Å². The molecule has 3 heterocycles. The Morgan fingerprint density at radius 2 is 1.97 bits per heavy atom. The molecule has 0 spiro atoms. The number of amides is 1. The molecule has 35 heavy (non-hydrogen) atoms. The molecule has 0 unspecified atom stereocenters. The highest BCUT2D eigenvalue weighted by atomic mass is 32.1. The van der Waals surface area contributed by atoms with Crippen LogP contribution in [0.2, 0.25) is 0 Å². The number of aromatic nitrogens is 2. The number of rotatable bonds is 8. The summed E-state index contributed by atoms with van der Waals surface area (Å²) in [5.74, 6) is 0.557. The van der Waals surface area contributed by atoms with E-state index in [1.165, 1.54) is 31.2 Å². The van der Waals surface area contributed by atoms with Gasteiger partial charge in [-0.3, -0.25) is 9.78 Å². The fourth-order valence-corrected chi connectivity index (χ4v) is 5.56. The topological polar surface area (TPSA) is 71.4 Å². The van der Waals surface area contributed by atoms with Gasteiger partial charge in [0.1, 0.15) is 5.75 Å². The fraction of sp³-hybridized carbons (Fsp3) is 0.370. The summed E-state index contributed by atoms with van der Waals surface area (Å²) in [6.45, 7) is 0.495. The van der Waals surface area contributed by atoms with Gasteiger partial charge in [0, 0.05) is 37.6 Å². The van der Waals surface area contributed by atoms with Crippen LogP contribution in [0, 0.1) is 0 Å². The third-order valence-electron chi connectivity index (χ3n) is 6.98. The predicted molar refractivity (Wildman–Crippen MR) is 140 cm³/mol. The van der Waals surface area contributed by atoms with Crippen LogP contribution >= 0.6 is 12.2 Å². The summed E-state index contributed by atoms with van der Waals surface area (Å²) in [6.07, 6.45) is 11.6. The van der Waals surface area contributed by atoms with E-state index in [0.29, 0.717) is 35.6 Å². The van der Waals surface area contributed by atoms with Crippen LogP contribution in [0.15, 0.2) is 67.1 Å². The highest BCUT2D eigenvalue weighted by Crippen LogP contribution is 2.40. The zero-order valence-electron chi connectivity index (χ0n) is 19.9. The molecule has 1 saturated heterocycles. The van der Waals surface area contributed by atoms with Crippen LogP contribution in [0.1, 0.15) is 61.5 Å². The van der Waals surface area contributed by atoms with Crippen molar-refractivity contribution in [3.63, 3.8) is 0 Å². The second-order valence-corrected chi connectivity index (χ2v) is 9.54. The van der Waals surface area contributed by atoms with E-state index in [1.807, 2.05) is 48.7 Å². The van der Waals surface area contributed by atoms with Gasteiger partial charge in [-0.15, -0.1) is 0 Å². The molecule has 182 valence electrons. The molecular formula is C27H31N5O2S. The molecule has 2 fully saturated rings. The molecule has 8 heteroatoms. The molecule has 0 radical (unpaired) electrons. The highest BCUT2D eigenvalue weighted by Gasteiger charge is 2.40. The molecule has 3 aromatic rings. The molecule has 1 saturated carbocycles. The molecule has 0 bridgehead atoms. The van der Waals surface area contributed by atoms with Gasteiger partial charge < -0.3 is 24.8 Å². The van der Waals surface area contributed by atoms with Gasteiger partial charge >= 0.3 is 0 Å². The Labute approximate surface area is 211 Å². The summed E-state index contributed by atoms with van der Waals surface area (Å²) in [4.78, 5) is 19.6. The first kappa shape index (κ1) is 23.4. The predicted octanol–water partition coefficient (Wildman–Crippen LogP) is 5.01. The second kappa shape index (κ2) is 10.5. The van der Waals surface area contributed by atoms with E-state index < -0.39 is 0 Å². The van der Waals surface area contributed by atoms with E-state index in [0.717, 1.165) is 5.69 Å². The zero-order valence-corrected chi connectivity index (χ0v) is 20.7. The third kappa shape index (κ3) is 5.03. The van der Waals surface area contributed by atoms with Gasteiger partial charge in [-0.2, -0.15) is 0 Å². The van der Waals surface area contributed by atoms with Crippen LogP contribution in [0.3, 0.4) is 0 Å². The molecule has 2 aromatic heterocycles. The Hall–Kier alpha value is -3.39. The molecule has 1 aromatic carbocycles. The van der Waals surface area contributed by atoms with Gasteiger partial charge in [-0.05, 0) is 61.0 Å². The number of methoxy groups -OCH3 is 1. The van der Waals surface area contributed by atoms with Crippen molar-refractivity contribution in [3.8, 4) is 5.75 Å². The maximum Gasteiger partial charge on any atom is 0.226 e. The summed E-state index contributed by atoms with van der Waals surface area (Å²) in [5.41, 5.74) is 2.79. The monoisotopic (exact) mass is 489 g/mol. The maximum atomic E-state index is 12.8. The molecule has 7 nitrogen and oxygen atoms in total. The van der Waals surface area contributed by atoms with E-state index >= 15 is 0 Å². The van der Waals surface area contributed by atoms with E-state index in [2.05, 4.69) is 43.5 Å². The number of benzene rings is 1. The van der Waals surface area contributed by atoms with Crippen LogP contribution in [-0.2, 0) is 4.79 Å². The normalized spacial score (nSPS) is 20.1. The Kier molecular flexibility index (Phi) is 6.99. The average molecular weight is 490 g/mol. The molecule has 5 rings (SSSR count). The summed E-state index contributed by atoms with van der Waals surface area (Å²) in [5, 5.41) is 7.08. The Morgan fingerprint density at radius 3 is 2.74 bits per heavy atom. The highest BCUT2D eigenvalue weighted by molar-refractivity contribution is 7.80. The summed E-state index contributed by atoms with van der Waals surface area (Å²) < 4.78 is 7.71. The van der Waals surface area contributed by atoms with E-state index in [4.69, 9.17) is 17.0 Å². The van der Waals surface area contributed by atoms with E-state index in [1.54, 1.807) is 7.11 Å². The minimum absolute atomic E-state index is 0.0425. The van der Waals surface area contributed by atoms with Gasteiger partial charge in [0.2, 0.25) is 5.91 Å². The van der Waals surface area contributed by atoms with E-state index in [-0.39, 0.29) is 18.0 Å². The molecule has 2 atom stereocenters. The number of nitrogens with one attached hydrogen (secondary N) is 2.